The summed E-state index contributed by atoms with van der Waals surface area (Å²) in [5, 5.41) is 4.75. The van der Waals surface area contributed by atoms with Crippen molar-refractivity contribution in [1.82, 2.24) is 15.5 Å². The molecule has 1 aliphatic heterocycles. The lowest BCUT2D eigenvalue weighted by molar-refractivity contribution is -0.124. The Morgan fingerprint density at radius 1 is 1.00 bits per heavy atom. The zero-order valence-corrected chi connectivity index (χ0v) is 17.2. The standard InChI is InChI=1S/C22H21N3O4S/c1-15-7-9-16(10-8-15)13-18-21(28)25(22(29)30-18)12-11-23-19(26)14-24-20(27)17-5-3-2-4-6-17/h2-10,13H,11-12,14H2,1H3,(H,23,26)(H,24,27). The van der Waals surface area contributed by atoms with Crippen LogP contribution in [0.5, 0.6) is 0 Å². The van der Waals surface area contributed by atoms with E-state index in [4.69, 9.17) is 0 Å². The highest BCUT2D eigenvalue weighted by molar-refractivity contribution is 8.18. The fourth-order valence-electron chi connectivity index (χ4n) is 2.73. The molecule has 0 bridgehead atoms. The number of benzene rings is 2. The van der Waals surface area contributed by atoms with Gasteiger partial charge in [-0.05, 0) is 42.5 Å². The SMILES string of the molecule is Cc1ccc(C=C2SC(=O)N(CCNC(=O)CNC(=O)c3ccccc3)C2=O)cc1. The molecule has 0 aromatic heterocycles. The zero-order valence-electron chi connectivity index (χ0n) is 16.4. The minimum absolute atomic E-state index is 0.0638. The van der Waals surface area contributed by atoms with Crippen molar-refractivity contribution < 1.29 is 19.2 Å². The minimum Gasteiger partial charge on any atom is -0.353 e. The molecule has 1 heterocycles. The smallest absolute Gasteiger partial charge is 0.293 e. The van der Waals surface area contributed by atoms with Crippen LogP contribution in [0.4, 0.5) is 4.79 Å². The predicted molar refractivity (Wildman–Crippen MR) is 116 cm³/mol. The Kier molecular flexibility index (Phi) is 7.03. The number of nitrogens with zero attached hydrogens (tertiary/aromatic N) is 1. The largest absolute Gasteiger partial charge is 0.353 e. The van der Waals surface area contributed by atoms with Crippen molar-refractivity contribution >= 4 is 40.8 Å². The number of amides is 4. The molecule has 2 aromatic carbocycles. The Morgan fingerprint density at radius 2 is 1.70 bits per heavy atom. The number of aryl methyl sites for hydroxylation is 1. The number of imide groups is 1. The molecule has 3 rings (SSSR count). The molecule has 0 spiro atoms. The quantitative estimate of drug-likeness (QED) is 0.668. The van der Waals surface area contributed by atoms with Crippen molar-refractivity contribution in [3.05, 3.63) is 76.2 Å². The summed E-state index contributed by atoms with van der Waals surface area (Å²) >= 11 is 0.880. The Bertz CT molecular complexity index is 987. The van der Waals surface area contributed by atoms with Gasteiger partial charge in [-0.25, -0.2) is 0 Å². The van der Waals surface area contributed by atoms with E-state index >= 15 is 0 Å². The van der Waals surface area contributed by atoms with E-state index in [1.54, 1.807) is 36.4 Å². The molecule has 1 fully saturated rings. The number of thioether (sulfide) groups is 1. The Hall–Kier alpha value is -3.39. The average Bonchev–Trinajstić information content (AvgIpc) is 3.01. The molecule has 0 atom stereocenters. The second kappa shape index (κ2) is 9.89. The Balaban J connectivity index is 1.45. The second-order valence-electron chi connectivity index (χ2n) is 6.64. The lowest BCUT2D eigenvalue weighted by Crippen LogP contribution is -2.41. The Labute approximate surface area is 178 Å². The summed E-state index contributed by atoms with van der Waals surface area (Å²) in [7, 11) is 0. The molecule has 30 heavy (non-hydrogen) atoms. The van der Waals surface area contributed by atoms with Gasteiger partial charge in [0.05, 0.1) is 11.4 Å². The van der Waals surface area contributed by atoms with E-state index in [0.29, 0.717) is 10.5 Å². The van der Waals surface area contributed by atoms with Gasteiger partial charge in [0.1, 0.15) is 0 Å². The summed E-state index contributed by atoms with van der Waals surface area (Å²) in [6, 6.07) is 16.2. The summed E-state index contributed by atoms with van der Waals surface area (Å²) in [5.74, 6) is -1.13. The monoisotopic (exact) mass is 423 g/mol. The van der Waals surface area contributed by atoms with Gasteiger partial charge in [0.2, 0.25) is 5.91 Å². The van der Waals surface area contributed by atoms with Gasteiger partial charge in [-0.1, -0.05) is 48.0 Å². The molecule has 1 saturated heterocycles. The third-order valence-corrected chi connectivity index (χ3v) is 5.26. The maximum Gasteiger partial charge on any atom is 0.293 e. The van der Waals surface area contributed by atoms with Gasteiger partial charge in [0, 0.05) is 18.7 Å². The van der Waals surface area contributed by atoms with Gasteiger partial charge in [-0.15, -0.1) is 0 Å². The molecular formula is C22H21N3O4S. The average molecular weight is 423 g/mol. The van der Waals surface area contributed by atoms with Crippen LogP contribution in [0.3, 0.4) is 0 Å². The Morgan fingerprint density at radius 3 is 2.40 bits per heavy atom. The molecule has 4 amide bonds. The van der Waals surface area contributed by atoms with E-state index in [0.717, 1.165) is 27.8 Å². The van der Waals surface area contributed by atoms with Gasteiger partial charge < -0.3 is 10.6 Å². The van der Waals surface area contributed by atoms with Gasteiger partial charge >= 0.3 is 0 Å². The van der Waals surface area contributed by atoms with E-state index in [1.165, 1.54) is 0 Å². The predicted octanol–water partition coefficient (Wildman–Crippen LogP) is 2.58. The maximum absolute atomic E-state index is 12.5. The van der Waals surface area contributed by atoms with E-state index in [1.807, 2.05) is 31.2 Å². The lowest BCUT2D eigenvalue weighted by Gasteiger charge is -2.13. The van der Waals surface area contributed by atoms with Crippen LogP contribution in [0, 0.1) is 6.92 Å². The normalized spacial score (nSPS) is 14.8. The molecule has 154 valence electrons. The number of rotatable bonds is 7. The summed E-state index contributed by atoms with van der Waals surface area (Å²) in [6.07, 6.45) is 1.68. The van der Waals surface area contributed by atoms with Gasteiger partial charge in [-0.3, -0.25) is 24.1 Å². The van der Waals surface area contributed by atoms with Crippen molar-refractivity contribution in [3.63, 3.8) is 0 Å². The fraction of sp³-hybridized carbons (Fsp3) is 0.182. The molecule has 2 N–H and O–H groups in total. The summed E-state index contributed by atoms with van der Waals surface area (Å²) in [4.78, 5) is 49.9. The number of nitrogens with one attached hydrogen (secondary N) is 2. The first-order valence-electron chi connectivity index (χ1n) is 9.36. The number of carbonyl (C=O) groups excluding carboxylic acids is 4. The van der Waals surface area contributed by atoms with Crippen molar-refractivity contribution in [2.45, 2.75) is 6.92 Å². The molecular weight excluding hydrogens is 402 g/mol. The molecule has 7 nitrogen and oxygen atoms in total. The van der Waals surface area contributed by atoms with Crippen LogP contribution >= 0.6 is 11.8 Å². The molecule has 2 aromatic rings. The van der Waals surface area contributed by atoms with E-state index in [9.17, 15) is 19.2 Å². The van der Waals surface area contributed by atoms with Crippen molar-refractivity contribution in [2.75, 3.05) is 19.6 Å². The van der Waals surface area contributed by atoms with Crippen LogP contribution in [0.25, 0.3) is 6.08 Å². The van der Waals surface area contributed by atoms with Crippen molar-refractivity contribution in [3.8, 4) is 0 Å². The second-order valence-corrected chi connectivity index (χ2v) is 7.64. The number of hydrogen-bond acceptors (Lipinski definition) is 5. The molecule has 1 aliphatic rings. The molecule has 0 radical (unpaired) electrons. The first-order chi connectivity index (χ1) is 14.4. The third-order valence-electron chi connectivity index (χ3n) is 4.35. The highest BCUT2D eigenvalue weighted by Gasteiger charge is 2.34. The lowest BCUT2D eigenvalue weighted by atomic mass is 10.1. The van der Waals surface area contributed by atoms with E-state index < -0.39 is 5.91 Å². The van der Waals surface area contributed by atoms with Crippen molar-refractivity contribution in [2.24, 2.45) is 0 Å². The van der Waals surface area contributed by atoms with E-state index in [-0.39, 0.29) is 36.7 Å². The van der Waals surface area contributed by atoms with Crippen molar-refractivity contribution in [1.29, 1.82) is 0 Å². The molecule has 0 unspecified atom stereocenters. The van der Waals surface area contributed by atoms with Gasteiger partial charge in [0.15, 0.2) is 0 Å². The molecule has 0 saturated carbocycles. The summed E-state index contributed by atoms with van der Waals surface area (Å²) in [5.41, 5.74) is 2.41. The first kappa shape index (κ1) is 21.3. The topological polar surface area (TPSA) is 95.6 Å². The number of carbonyl (C=O) groups is 4. The van der Waals surface area contributed by atoms with Crippen LogP contribution in [-0.2, 0) is 9.59 Å². The third kappa shape index (κ3) is 5.57. The highest BCUT2D eigenvalue weighted by Crippen LogP contribution is 2.31. The number of hydrogen-bond donors (Lipinski definition) is 2. The molecule has 8 heteroatoms. The van der Waals surface area contributed by atoms with Crippen LogP contribution in [0.15, 0.2) is 59.5 Å². The molecule has 0 aliphatic carbocycles. The minimum atomic E-state index is -0.401. The van der Waals surface area contributed by atoms with Crippen LogP contribution < -0.4 is 10.6 Å². The van der Waals surface area contributed by atoms with Gasteiger partial charge in [-0.2, -0.15) is 0 Å². The fourth-order valence-corrected chi connectivity index (χ4v) is 3.59. The highest BCUT2D eigenvalue weighted by atomic mass is 32.2. The van der Waals surface area contributed by atoms with Crippen LogP contribution in [-0.4, -0.2) is 47.5 Å². The van der Waals surface area contributed by atoms with Crippen LogP contribution in [0.1, 0.15) is 21.5 Å². The zero-order chi connectivity index (χ0) is 21.5. The van der Waals surface area contributed by atoms with E-state index in [2.05, 4.69) is 10.6 Å². The van der Waals surface area contributed by atoms with Gasteiger partial charge in [0.25, 0.3) is 17.1 Å². The summed E-state index contributed by atoms with van der Waals surface area (Å²) in [6.45, 7) is 1.95. The van der Waals surface area contributed by atoms with Crippen LogP contribution in [0.2, 0.25) is 0 Å². The first-order valence-corrected chi connectivity index (χ1v) is 10.2. The summed E-state index contributed by atoms with van der Waals surface area (Å²) < 4.78 is 0. The maximum atomic E-state index is 12.5.